The Morgan fingerprint density at radius 2 is 1.85 bits per heavy atom. The lowest BCUT2D eigenvalue weighted by Gasteiger charge is -2.30. The average molecular weight is 460 g/mol. The molecule has 2 aliphatic rings. The van der Waals surface area contributed by atoms with Crippen LogP contribution in [0.3, 0.4) is 0 Å². The molecule has 1 aliphatic carbocycles. The fraction of sp³-hybridized carbons (Fsp3) is 0.667. The summed E-state index contributed by atoms with van der Waals surface area (Å²) < 4.78 is 0. The van der Waals surface area contributed by atoms with Crippen molar-refractivity contribution in [2.75, 3.05) is 13.1 Å². The van der Waals surface area contributed by atoms with Crippen LogP contribution in [0.4, 0.5) is 5.69 Å². The van der Waals surface area contributed by atoms with Crippen LogP contribution in [-0.2, 0) is 16.1 Å². The lowest BCUT2D eigenvalue weighted by Crippen LogP contribution is -2.49. The van der Waals surface area contributed by atoms with Crippen LogP contribution in [0.1, 0.15) is 58.4 Å². The summed E-state index contributed by atoms with van der Waals surface area (Å²) in [5.41, 5.74) is 7.03. The SMILES string of the molecule is CC(=O)N1CC(N(Cc2ccc([N+](=O)[O-])cc2)CC(C)C)CC1C(=O)NC1CCC(N)CC1. The third kappa shape index (κ3) is 6.74. The van der Waals surface area contributed by atoms with Crippen molar-refractivity contribution in [2.45, 2.75) is 83.6 Å². The molecule has 1 saturated heterocycles. The van der Waals surface area contributed by atoms with Crippen molar-refractivity contribution in [3.63, 3.8) is 0 Å². The van der Waals surface area contributed by atoms with Gasteiger partial charge in [-0.3, -0.25) is 24.6 Å². The number of carbonyl (C=O) groups is 2. The number of hydrogen-bond donors (Lipinski definition) is 2. The molecule has 2 unspecified atom stereocenters. The second-order valence-corrected chi connectivity index (χ2v) is 9.94. The summed E-state index contributed by atoms with van der Waals surface area (Å²) in [5, 5.41) is 14.1. The Balaban J connectivity index is 1.70. The summed E-state index contributed by atoms with van der Waals surface area (Å²) >= 11 is 0. The van der Waals surface area contributed by atoms with Crippen LogP contribution >= 0.6 is 0 Å². The first-order valence-corrected chi connectivity index (χ1v) is 11.9. The standard InChI is InChI=1S/C24H37N5O4/c1-16(2)13-27(14-18-4-10-21(11-5-18)29(32)33)22-12-23(28(15-22)17(3)30)24(31)26-20-8-6-19(25)7-9-20/h4-5,10-11,16,19-20,22-23H,6-9,12-15,25H2,1-3H3,(H,26,31). The van der Waals surface area contributed by atoms with E-state index in [0.717, 1.165) is 37.8 Å². The number of carbonyl (C=O) groups excluding carboxylic acids is 2. The van der Waals surface area contributed by atoms with Crippen LogP contribution in [0.2, 0.25) is 0 Å². The highest BCUT2D eigenvalue weighted by molar-refractivity contribution is 5.87. The molecule has 33 heavy (non-hydrogen) atoms. The van der Waals surface area contributed by atoms with Gasteiger partial charge in [-0.1, -0.05) is 26.0 Å². The first-order valence-electron chi connectivity index (χ1n) is 11.9. The van der Waals surface area contributed by atoms with Crippen LogP contribution in [0.15, 0.2) is 24.3 Å². The number of nitrogens with two attached hydrogens (primary N) is 1. The van der Waals surface area contributed by atoms with Crippen molar-refractivity contribution in [1.29, 1.82) is 0 Å². The Bertz CT molecular complexity index is 836. The molecule has 0 radical (unpaired) electrons. The van der Waals surface area contributed by atoms with Gasteiger partial charge in [0.05, 0.1) is 4.92 Å². The molecule has 9 heteroatoms. The number of nitro groups is 1. The van der Waals surface area contributed by atoms with Crippen molar-refractivity contribution >= 4 is 17.5 Å². The second-order valence-electron chi connectivity index (χ2n) is 9.94. The lowest BCUT2D eigenvalue weighted by molar-refractivity contribution is -0.384. The minimum absolute atomic E-state index is 0.0435. The van der Waals surface area contributed by atoms with Crippen molar-refractivity contribution < 1.29 is 14.5 Å². The maximum atomic E-state index is 13.1. The fourth-order valence-electron chi connectivity index (χ4n) is 5.01. The van der Waals surface area contributed by atoms with Crippen LogP contribution in [0.25, 0.3) is 0 Å². The Morgan fingerprint density at radius 3 is 2.39 bits per heavy atom. The van der Waals surface area contributed by atoms with Gasteiger partial charge in [-0.15, -0.1) is 0 Å². The molecule has 3 N–H and O–H groups in total. The minimum Gasteiger partial charge on any atom is -0.352 e. The molecular weight excluding hydrogens is 422 g/mol. The van der Waals surface area contributed by atoms with E-state index in [2.05, 4.69) is 24.1 Å². The molecule has 2 amide bonds. The number of likely N-dealkylation sites (tertiary alicyclic amines) is 1. The van der Waals surface area contributed by atoms with Gasteiger partial charge in [0, 0.05) is 56.8 Å². The number of hydrogen-bond acceptors (Lipinski definition) is 6. The Hall–Kier alpha value is -2.52. The van der Waals surface area contributed by atoms with Gasteiger partial charge in [-0.05, 0) is 43.6 Å². The lowest BCUT2D eigenvalue weighted by atomic mass is 9.91. The normalized spacial score (nSPS) is 25.5. The molecule has 1 heterocycles. The van der Waals surface area contributed by atoms with E-state index in [4.69, 9.17) is 5.73 Å². The van der Waals surface area contributed by atoms with Crippen LogP contribution in [-0.4, -0.2) is 63.8 Å². The van der Waals surface area contributed by atoms with Gasteiger partial charge in [0.1, 0.15) is 6.04 Å². The molecule has 1 saturated carbocycles. The molecule has 1 aliphatic heterocycles. The summed E-state index contributed by atoms with van der Waals surface area (Å²) in [6, 6.07) is 6.50. The summed E-state index contributed by atoms with van der Waals surface area (Å²) in [4.78, 5) is 40.1. The third-order valence-electron chi connectivity index (χ3n) is 6.75. The molecule has 2 atom stereocenters. The van der Waals surface area contributed by atoms with E-state index in [1.54, 1.807) is 17.0 Å². The molecule has 0 bridgehead atoms. The van der Waals surface area contributed by atoms with Gasteiger partial charge in [-0.25, -0.2) is 0 Å². The molecule has 3 rings (SSSR count). The quantitative estimate of drug-likeness (QED) is 0.455. The highest BCUT2D eigenvalue weighted by Gasteiger charge is 2.41. The first kappa shape index (κ1) is 25.1. The van der Waals surface area contributed by atoms with E-state index in [1.807, 2.05) is 0 Å². The fourth-order valence-corrected chi connectivity index (χ4v) is 5.01. The van der Waals surface area contributed by atoms with Gasteiger partial charge in [0.2, 0.25) is 11.8 Å². The maximum Gasteiger partial charge on any atom is 0.269 e. The second kappa shape index (κ2) is 11.1. The van der Waals surface area contributed by atoms with E-state index in [1.165, 1.54) is 19.1 Å². The van der Waals surface area contributed by atoms with Gasteiger partial charge in [-0.2, -0.15) is 0 Å². The first-order chi connectivity index (χ1) is 15.6. The molecule has 0 aromatic heterocycles. The molecular formula is C24H37N5O4. The number of amides is 2. The number of rotatable bonds is 8. The monoisotopic (exact) mass is 459 g/mol. The molecule has 1 aromatic rings. The van der Waals surface area contributed by atoms with Crippen molar-refractivity contribution in [3.8, 4) is 0 Å². The number of nitrogens with one attached hydrogen (secondary N) is 1. The number of benzene rings is 1. The topological polar surface area (TPSA) is 122 Å². The zero-order chi connectivity index (χ0) is 24.1. The Kier molecular flexibility index (Phi) is 8.42. The van der Waals surface area contributed by atoms with E-state index in [9.17, 15) is 19.7 Å². The van der Waals surface area contributed by atoms with E-state index in [0.29, 0.717) is 25.4 Å². The smallest absolute Gasteiger partial charge is 0.269 e. The predicted octanol–water partition coefficient (Wildman–Crippen LogP) is 2.43. The van der Waals surface area contributed by atoms with Gasteiger partial charge in [0.15, 0.2) is 0 Å². The van der Waals surface area contributed by atoms with Gasteiger partial charge < -0.3 is 16.0 Å². The molecule has 2 fully saturated rings. The highest BCUT2D eigenvalue weighted by atomic mass is 16.6. The summed E-state index contributed by atoms with van der Waals surface area (Å²) in [5.74, 6) is 0.226. The van der Waals surface area contributed by atoms with E-state index < -0.39 is 11.0 Å². The average Bonchev–Trinajstić information content (AvgIpc) is 3.21. The van der Waals surface area contributed by atoms with Crippen molar-refractivity contribution in [1.82, 2.24) is 15.1 Å². The van der Waals surface area contributed by atoms with Crippen LogP contribution in [0, 0.1) is 16.0 Å². The largest absolute Gasteiger partial charge is 0.352 e. The zero-order valence-corrected chi connectivity index (χ0v) is 19.9. The van der Waals surface area contributed by atoms with Crippen molar-refractivity contribution in [3.05, 3.63) is 39.9 Å². The Labute approximate surface area is 195 Å². The molecule has 0 spiro atoms. The van der Waals surface area contributed by atoms with E-state index in [-0.39, 0.29) is 35.6 Å². The molecule has 1 aromatic carbocycles. The number of non-ortho nitro benzene ring substituents is 1. The van der Waals surface area contributed by atoms with Gasteiger partial charge >= 0.3 is 0 Å². The number of nitrogens with zero attached hydrogens (tertiary/aromatic N) is 3. The maximum absolute atomic E-state index is 13.1. The summed E-state index contributed by atoms with van der Waals surface area (Å²) in [6.07, 6.45) is 4.15. The predicted molar refractivity (Wildman–Crippen MR) is 126 cm³/mol. The summed E-state index contributed by atoms with van der Waals surface area (Å²) in [6.45, 7) is 7.72. The van der Waals surface area contributed by atoms with Crippen LogP contribution in [0.5, 0.6) is 0 Å². The molecule has 182 valence electrons. The highest BCUT2D eigenvalue weighted by Crippen LogP contribution is 2.26. The van der Waals surface area contributed by atoms with Crippen molar-refractivity contribution in [2.24, 2.45) is 11.7 Å². The van der Waals surface area contributed by atoms with Crippen LogP contribution < -0.4 is 11.1 Å². The summed E-state index contributed by atoms with van der Waals surface area (Å²) in [7, 11) is 0. The third-order valence-corrected chi connectivity index (χ3v) is 6.75. The Morgan fingerprint density at radius 1 is 1.21 bits per heavy atom. The minimum atomic E-state index is -0.477. The number of nitro benzene ring substituents is 1. The van der Waals surface area contributed by atoms with Gasteiger partial charge in [0.25, 0.3) is 5.69 Å². The molecule has 9 nitrogen and oxygen atoms in total. The zero-order valence-electron chi connectivity index (χ0n) is 19.9. The van der Waals surface area contributed by atoms with E-state index >= 15 is 0 Å².